The van der Waals surface area contributed by atoms with Crippen molar-refractivity contribution < 1.29 is 4.74 Å². The van der Waals surface area contributed by atoms with E-state index in [-0.39, 0.29) is 0 Å². The fourth-order valence-corrected chi connectivity index (χ4v) is 1.82. The van der Waals surface area contributed by atoms with Crippen molar-refractivity contribution in [3.63, 3.8) is 0 Å². The van der Waals surface area contributed by atoms with E-state index in [2.05, 4.69) is 22.6 Å². The van der Waals surface area contributed by atoms with E-state index < -0.39 is 0 Å². The summed E-state index contributed by atoms with van der Waals surface area (Å²) < 4.78 is 7.36. The van der Waals surface area contributed by atoms with Gasteiger partial charge in [0.2, 0.25) is 0 Å². The topological polar surface area (TPSA) is 52.0 Å². The summed E-state index contributed by atoms with van der Waals surface area (Å²) in [5.74, 6) is 0. The molecule has 0 fully saturated rings. The molecule has 0 radical (unpaired) electrons. The van der Waals surface area contributed by atoms with Crippen molar-refractivity contribution in [1.29, 1.82) is 0 Å². The smallest absolute Gasteiger partial charge is 0.0996 e. The van der Waals surface area contributed by atoms with Crippen LogP contribution in [0.1, 0.15) is 38.1 Å². The average molecular weight is 240 g/mol. The zero-order valence-corrected chi connectivity index (χ0v) is 11.2. The van der Waals surface area contributed by atoms with E-state index in [1.165, 1.54) is 5.69 Å². The minimum Gasteiger partial charge on any atom is -0.382 e. The van der Waals surface area contributed by atoms with Gasteiger partial charge in [-0.25, -0.2) is 4.68 Å². The van der Waals surface area contributed by atoms with Crippen LogP contribution in [0.25, 0.3) is 0 Å². The fourth-order valence-electron chi connectivity index (χ4n) is 1.82. The van der Waals surface area contributed by atoms with Gasteiger partial charge in [-0.05, 0) is 26.8 Å². The molecule has 98 valence electrons. The number of rotatable bonds is 9. The molecule has 5 heteroatoms. The van der Waals surface area contributed by atoms with Crippen molar-refractivity contribution in [3.8, 4) is 0 Å². The molecule has 1 N–H and O–H groups in total. The zero-order chi connectivity index (χ0) is 12.5. The number of hydrogen-bond donors (Lipinski definition) is 1. The van der Waals surface area contributed by atoms with E-state index in [0.29, 0.717) is 0 Å². The standard InChI is InChI=1S/C12H24N4O/c1-4-7-12-11(10-13-3)14-15-16(12)8-6-9-17-5-2/h13H,4-10H2,1-3H3. The van der Waals surface area contributed by atoms with Gasteiger partial charge in [0.15, 0.2) is 0 Å². The van der Waals surface area contributed by atoms with Gasteiger partial charge in [0.1, 0.15) is 0 Å². The van der Waals surface area contributed by atoms with Crippen LogP contribution in [0, 0.1) is 0 Å². The molecule has 0 aromatic carbocycles. The first-order chi connectivity index (χ1) is 8.33. The van der Waals surface area contributed by atoms with Crippen LogP contribution in [-0.2, 0) is 24.2 Å². The Morgan fingerprint density at radius 2 is 2.18 bits per heavy atom. The van der Waals surface area contributed by atoms with Gasteiger partial charge in [0.05, 0.1) is 11.4 Å². The van der Waals surface area contributed by atoms with Gasteiger partial charge in [0.25, 0.3) is 0 Å². The number of hydrogen-bond acceptors (Lipinski definition) is 4. The van der Waals surface area contributed by atoms with E-state index in [1.54, 1.807) is 0 Å². The zero-order valence-electron chi connectivity index (χ0n) is 11.2. The summed E-state index contributed by atoms with van der Waals surface area (Å²) in [7, 11) is 1.93. The molecule has 0 aliphatic rings. The summed E-state index contributed by atoms with van der Waals surface area (Å²) in [6.07, 6.45) is 3.15. The second-order valence-corrected chi connectivity index (χ2v) is 4.04. The van der Waals surface area contributed by atoms with E-state index in [9.17, 15) is 0 Å². The molecule has 0 spiro atoms. The Kier molecular flexibility index (Phi) is 6.81. The third kappa shape index (κ3) is 4.44. The van der Waals surface area contributed by atoms with Gasteiger partial charge < -0.3 is 10.1 Å². The van der Waals surface area contributed by atoms with Crippen LogP contribution in [0.4, 0.5) is 0 Å². The fraction of sp³-hybridized carbons (Fsp3) is 0.833. The molecule has 1 rings (SSSR count). The molecule has 0 amide bonds. The third-order valence-corrected chi connectivity index (χ3v) is 2.61. The Balaban J connectivity index is 2.56. The van der Waals surface area contributed by atoms with Crippen molar-refractivity contribution in [2.45, 2.75) is 46.2 Å². The number of nitrogens with zero attached hydrogens (tertiary/aromatic N) is 3. The van der Waals surface area contributed by atoms with Gasteiger partial charge in [-0.2, -0.15) is 0 Å². The first kappa shape index (κ1) is 14.1. The Bertz CT molecular complexity index is 311. The lowest BCUT2D eigenvalue weighted by atomic mass is 10.2. The van der Waals surface area contributed by atoms with Crippen molar-refractivity contribution in [3.05, 3.63) is 11.4 Å². The van der Waals surface area contributed by atoms with Crippen LogP contribution in [0.3, 0.4) is 0 Å². The van der Waals surface area contributed by atoms with Crippen LogP contribution >= 0.6 is 0 Å². The van der Waals surface area contributed by atoms with Crippen LogP contribution in [0.15, 0.2) is 0 Å². The van der Waals surface area contributed by atoms with Crippen molar-refractivity contribution in [2.75, 3.05) is 20.3 Å². The summed E-state index contributed by atoms with van der Waals surface area (Å²) in [5.41, 5.74) is 2.34. The van der Waals surface area contributed by atoms with Gasteiger partial charge in [0, 0.05) is 26.3 Å². The van der Waals surface area contributed by atoms with E-state index in [0.717, 1.165) is 51.3 Å². The normalized spacial score (nSPS) is 11.0. The van der Waals surface area contributed by atoms with Crippen molar-refractivity contribution >= 4 is 0 Å². The summed E-state index contributed by atoms with van der Waals surface area (Å²) >= 11 is 0. The lowest BCUT2D eigenvalue weighted by molar-refractivity contribution is 0.140. The van der Waals surface area contributed by atoms with Gasteiger partial charge >= 0.3 is 0 Å². The maximum absolute atomic E-state index is 5.34. The molecule has 1 aromatic heterocycles. The highest BCUT2D eigenvalue weighted by atomic mass is 16.5. The lowest BCUT2D eigenvalue weighted by Crippen LogP contribution is -2.11. The first-order valence-corrected chi connectivity index (χ1v) is 6.47. The highest BCUT2D eigenvalue weighted by Crippen LogP contribution is 2.09. The minimum absolute atomic E-state index is 0.782. The van der Waals surface area contributed by atoms with Crippen molar-refractivity contribution in [1.82, 2.24) is 20.3 Å². The highest BCUT2D eigenvalue weighted by molar-refractivity contribution is 5.10. The predicted molar refractivity (Wildman–Crippen MR) is 67.9 cm³/mol. The molecule has 1 heterocycles. The van der Waals surface area contributed by atoms with Crippen LogP contribution in [0.5, 0.6) is 0 Å². The van der Waals surface area contributed by atoms with Gasteiger partial charge in [-0.1, -0.05) is 18.6 Å². The minimum atomic E-state index is 0.782. The lowest BCUT2D eigenvalue weighted by Gasteiger charge is -2.07. The summed E-state index contributed by atoms with van der Waals surface area (Å²) in [6.45, 7) is 7.46. The SMILES string of the molecule is CCCc1c(CNC)nnn1CCCOCC. The van der Waals surface area contributed by atoms with Crippen molar-refractivity contribution in [2.24, 2.45) is 0 Å². The number of aryl methyl sites for hydroxylation is 1. The monoisotopic (exact) mass is 240 g/mol. The van der Waals surface area contributed by atoms with Gasteiger partial charge in [-0.3, -0.25) is 0 Å². The van der Waals surface area contributed by atoms with Crippen LogP contribution in [-0.4, -0.2) is 35.3 Å². The molecular weight excluding hydrogens is 216 g/mol. The second kappa shape index (κ2) is 8.20. The summed E-state index contributed by atoms with van der Waals surface area (Å²) in [5, 5.41) is 11.6. The number of ether oxygens (including phenoxy) is 1. The first-order valence-electron chi connectivity index (χ1n) is 6.47. The van der Waals surface area contributed by atoms with E-state index >= 15 is 0 Å². The Morgan fingerprint density at radius 3 is 2.82 bits per heavy atom. The van der Waals surface area contributed by atoms with Crippen LogP contribution in [0.2, 0.25) is 0 Å². The van der Waals surface area contributed by atoms with Crippen LogP contribution < -0.4 is 5.32 Å². The Labute approximate surface area is 104 Å². The second-order valence-electron chi connectivity index (χ2n) is 4.04. The number of aromatic nitrogens is 3. The molecule has 0 saturated carbocycles. The van der Waals surface area contributed by atoms with Gasteiger partial charge in [-0.15, -0.1) is 5.10 Å². The highest BCUT2D eigenvalue weighted by Gasteiger charge is 2.10. The molecule has 0 aliphatic heterocycles. The Hall–Kier alpha value is -0.940. The number of nitrogens with one attached hydrogen (secondary N) is 1. The maximum Gasteiger partial charge on any atom is 0.0996 e. The molecule has 0 bridgehead atoms. The molecule has 0 saturated heterocycles. The Morgan fingerprint density at radius 1 is 1.35 bits per heavy atom. The quantitative estimate of drug-likeness (QED) is 0.662. The predicted octanol–water partition coefficient (Wildman–Crippen LogP) is 1.38. The average Bonchev–Trinajstić information content (AvgIpc) is 2.69. The molecule has 0 atom stereocenters. The molecular formula is C12H24N4O. The molecule has 17 heavy (non-hydrogen) atoms. The molecule has 0 unspecified atom stereocenters. The van der Waals surface area contributed by atoms with E-state index in [4.69, 9.17) is 4.74 Å². The maximum atomic E-state index is 5.34. The summed E-state index contributed by atoms with van der Waals surface area (Å²) in [6, 6.07) is 0. The third-order valence-electron chi connectivity index (χ3n) is 2.61. The molecule has 5 nitrogen and oxygen atoms in total. The van der Waals surface area contributed by atoms with E-state index in [1.807, 2.05) is 18.7 Å². The molecule has 0 aliphatic carbocycles. The largest absolute Gasteiger partial charge is 0.382 e. The molecule has 1 aromatic rings. The summed E-state index contributed by atoms with van der Waals surface area (Å²) in [4.78, 5) is 0.